The lowest BCUT2D eigenvalue weighted by molar-refractivity contribution is -0.160. The van der Waals surface area contributed by atoms with Gasteiger partial charge in [0.05, 0.1) is 30.8 Å². The molecule has 0 aromatic rings. The van der Waals surface area contributed by atoms with Crippen LogP contribution in [0.2, 0.25) is 0 Å². The Morgan fingerprint density at radius 3 is 2.26 bits per heavy atom. The highest BCUT2D eigenvalue weighted by atomic mass is 16.5. The number of rotatable bonds is 5. The summed E-state index contributed by atoms with van der Waals surface area (Å²) in [6.07, 6.45) is 15.5. The van der Waals surface area contributed by atoms with Crippen LogP contribution in [0.25, 0.3) is 0 Å². The summed E-state index contributed by atoms with van der Waals surface area (Å²) >= 11 is 0. The van der Waals surface area contributed by atoms with Crippen LogP contribution in [-0.2, 0) is 19.1 Å². The van der Waals surface area contributed by atoms with Crippen molar-refractivity contribution < 1.29 is 34.4 Å². The minimum atomic E-state index is -1.14. The topological polar surface area (TPSA) is 125 Å². The number of aliphatic hydroxyl groups is 3. The summed E-state index contributed by atoms with van der Waals surface area (Å²) in [6, 6.07) is 0. The van der Waals surface area contributed by atoms with Crippen molar-refractivity contribution in [3.05, 3.63) is 23.8 Å². The first kappa shape index (κ1) is 39.3. The number of hydrogen-bond donors (Lipinski definition) is 4. The lowest BCUT2D eigenvalue weighted by Crippen LogP contribution is -2.43. The van der Waals surface area contributed by atoms with Crippen molar-refractivity contribution in [3.8, 4) is 0 Å². The molecule has 0 aromatic heterocycles. The van der Waals surface area contributed by atoms with E-state index in [0.29, 0.717) is 44.1 Å². The van der Waals surface area contributed by atoms with E-state index in [4.69, 9.17) is 9.47 Å². The lowest BCUT2D eigenvalue weighted by atomic mass is 9.92. The molecule has 0 bridgehead atoms. The first-order valence-corrected chi connectivity index (χ1v) is 17.0. The maximum absolute atomic E-state index is 12.8. The summed E-state index contributed by atoms with van der Waals surface area (Å²) in [5.74, 6) is -0.176. The van der Waals surface area contributed by atoms with Crippen LogP contribution in [0.3, 0.4) is 0 Å². The summed E-state index contributed by atoms with van der Waals surface area (Å²) in [5, 5.41) is 34.2. The molecule has 0 radical (unpaired) electrons. The van der Waals surface area contributed by atoms with Crippen molar-refractivity contribution in [1.29, 1.82) is 0 Å². The normalized spacial score (nSPS) is 33.2. The number of β-amino-alcohol motifs (C(OH)–C–C–N with tert-alkyl or cyclic N) is 1. The van der Waals surface area contributed by atoms with E-state index in [0.717, 1.165) is 31.3 Å². The van der Waals surface area contributed by atoms with Crippen LogP contribution in [0.5, 0.6) is 0 Å². The van der Waals surface area contributed by atoms with Crippen LogP contribution in [0.1, 0.15) is 124 Å². The Morgan fingerprint density at radius 2 is 1.60 bits per heavy atom. The van der Waals surface area contributed by atoms with Crippen molar-refractivity contribution in [2.75, 3.05) is 20.3 Å². The van der Waals surface area contributed by atoms with Crippen LogP contribution in [0, 0.1) is 17.8 Å². The molecule has 4 N–H and O–H groups in total. The van der Waals surface area contributed by atoms with Crippen LogP contribution in [0.4, 0.5) is 0 Å². The molecule has 1 heterocycles. The van der Waals surface area contributed by atoms with Gasteiger partial charge in [0.1, 0.15) is 0 Å². The summed E-state index contributed by atoms with van der Waals surface area (Å²) in [6.45, 7) is 8.52. The smallest absolute Gasteiger partial charge is 0.309 e. The Hall–Kier alpha value is -1.74. The van der Waals surface area contributed by atoms with E-state index in [1.807, 2.05) is 19.9 Å². The van der Waals surface area contributed by atoms with Crippen LogP contribution >= 0.6 is 0 Å². The van der Waals surface area contributed by atoms with E-state index in [-0.39, 0.29) is 24.9 Å². The summed E-state index contributed by atoms with van der Waals surface area (Å²) in [5.41, 5.74) is 1.03. The highest BCUT2D eigenvalue weighted by Crippen LogP contribution is 2.22. The van der Waals surface area contributed by atoms with Gasteiger partial charge in [-0.2, -0.15) is 0 Å². The predicted octanol–water partition coefficient (Wildman–Crippen LogP) is 6.02. The molecule has 0 aliphatic carbocycles. The zero-order valence-electron chi connectivity index (χ0n) is 27.8. The summed E-state index contributed by atoms with van der Waals surface area (Å²) in [4.78, 5) is 25.6. The molecule has 250 valence electrons. The van der Waals surface area contributed by atoms with Gasteiger partial charge in [-0.25, -0.2) is 0 Å². The average molecular weight is 610 g/mol. The fourth-order valence-electron chi connectivity index (χ4n) is 5.74. The molecule has 0 spiro atoms. The van der Waals surface area contributed by atoms with Gasteiger partial charge < -0.3 is 30.1 Å². The van der Waals surface area contributed by atoms with Gasteiger partial charge in [-0.3, -0.25) is 9.59 Å². The van der Waals surface area contributed by atoms with Gasteiger partial charge in [0.15, 0.2) is 6.10 Å². The minimum Gasteiger partial charge on any atom is -0.452 e. The van der Waals surface area contributed by atoms with Crippen molar-refractivity contribution in [2.24, 2.45) is 17.8 Å². The Kier molecular flexibility index (Phi) is 21.6. The van der Waals surface area contributed by atoms with Crippen LogP contribution in [-0.4, -0.2) is 71.9 Å². The van der Waals surface area contributed by atoms with E-state index >= 15 is 0 Å². The maximum Gasteiger partial charge on any atom is 0.309 e. The van der Waals surface area contributed by atoms with Gasteiger partial charge in [-0.05, 0) is 55.9 Å². The monoisotopic (exact) mass is 609 g/mol. The lowest BCUT2D eigenvalue weighted by Gasteiger charge is -2.23. The second kappa shape index (κ2) is 23.6. The number of esters is 1. The van der Waals surface area contributed by atoms with E-state index in [2.05, 4.69) is 31.3 Å². The van der Waals surface area contributed by atoms with Gasteiger partial charge in [-0.15, -0.1) is 0 Å². The van der Waals surface area contributed by atoms with Crippen LogP contribution < -0.4 is 5.32 Å². The number of ether oxygens (including phenoxy) is 2. The first-order valence-electron chi connectivity index (χ1n) is 17.0. The molecule has 8 nitrogen and oxygen atoms in total. The highest BCUT2D eigenvalue weighted by molar-refractivity contribution is 5.84. The quantitative estimate of drug-likeness (QED) is 0.281. The molecule has 1 aliphatic rings. The third-order valence-electron chi connectivity index (χ3n) is 8.58. The molecular formula is C35H63NO7. The van der Waals surface area contributed by atoms with Crippen molar-refractivity contribution in [2.45, 2.75) is 148 Å². The minimum absolute atomic E-state index is 0.0873. The van der Waals surface area contributed by atoms with Crippen molar-refractivity contribution in [1.82, 2.24) is 5.32 Å². The molecule has 1 amide bonds. The molecule has 7 atom stereocenters. The third kappa shape index (κ3) is 18.0. The van der Waals surface area contributed by atoms with Crippen molar-refractivity contribution >= 4 is 11.9 Å². The average Bonchev–Trinajstić information content (AvgIpc) is 2.97. The van der Waals surface area contributed by atoms with Gasteiger partial charge >= 0.3 is 5.97 Å². The van der Waals surface area contributed by atoms with Gasteiger partial charge in [0, 0.05) is 20.1 Å². The van der Waals surface area contributed by atoms with Gasteiger partial charge in [0.2, 0.25) is 0 Å². The van der Waals surface area contributed by atoms with E-state index in [1.165, 1.54) is 38.5 Å². The molecule has 1 rings (SSSR count). The second-order valence-corrected chi connectivity index (χ2v) is 12.8. The molecule has 0 fully saturated rings. The highest BCUT2D eigenvalue weighted by Gasteiger charge is 2.27. The number of aliphatic hydroxyl groups excluding tert-OH is 3. The number of nitrogens with one attached hydrogen (secondary N) is 1. The largest absolute Gasteiger partial charge is 0.452 e. The fourth-order valence-corrected chi connectivity index (χ4v) is 5.74. The number of cyclic esters (lactones) is 1. The maximum atomic E-state index is 12.8. The number of amides is 1. The molecule has 0 saturated carbocycles. The van der Waals surface area contributed by atoms with E-state index in [1.54, 1.807) is 7.11 Å². The molecule has 0 aromatic carbocycles. The van der Waals surface area contributed by atoms with E-state index < -0.39 is 30.3 Å². The SMILES string of the molecule is CCCC1OC(=O)C(C)CC(C)CCCCCCCCC(CC)/C=C/C=C(/COC)CCC(O)C(O)CC(O)CNC1=O. The molecule has 43 heavy (non-hydrogen) atoms. The Morgan fingerprint density at radius 1 is 0.930 bits per heavy atom. The predicted molar refractivity (Wildman–Crippen MR) is 172 cm³/mol. The molecule has 8 heteroatoms. The Bertz CT molecular complexity index is 814. The fraction of sp³-hybridized carbons (Fsp3) is 0.829. The zero-order valence-corrected chi connectivity index (χ0v) is 27.8. The summed E-state index contributed by atoms with van der Waals surface area (Å²) < 4.78 is 11.0. The number of hydrogen-bond acceptors (Lipinski definition) is 7. The number of carbonyl (C=O) groups excluding carboxylic acids is 2. The Balaban J connectivity index is 2.90. The number of carbonyl (C=O) groups is 2. The standard InChI is InChI=1S/C35H63NO7/c1-6-15-33-34(40)36-24-30(37)23-32(39)31(38)21-20-29(25-42-5)19-14-18-28(7-2)17-13-11-9-8-10-12-16-26(3)22-27(4)35(41)43-33/h14,18-19,26-28,30-33,37-39H,6-13,15-17,20-25H2,1-5H3,(H,36,40)/b18-14+,29-19+. The zero-order chi connectivity index (χ0) is 32.0. The summed E-state index contributed by atoms with van der Waals surface area (Å²) in [7, 11) is 1.64. The molecule has 0 saturated heterocycles. The molecular weight excluding hydrogens is 546 g/mol. The first-order chi connectivity index (χ1) is 20.6. The molecule has 7 unspecified atom stereocenters. The van der Waals surface area contributed by atoms with Crippen molar-refractivity contribution in [3.63, 3.8) is 0 Å². The van der Waals surface area contributed by atoms with Gasteiger partial charge in [0.25, 0.3) is 5.91 Å². The second-order valence-electron chi connectivity index (χ2n) is 12.8. The Labute approximate surface area is 261 Å². The van der Waals surface area contributed by atoms with Gasteiger partial charge in [-0.1, -0.05) is 97.3 Å². The third-order valence-corrected chi connectivity index (χ3v) is 8.58. The number of allylic oxidation sites excluding steroid dienone is 3. The molecule has 1 aliphatic heterocycles. The number of methoxy groups -OCH3 is 1. The van der Waals surface area contributed by atoms with E-state index in [9.17, 15) is 24.9 Å². The van der Waals surface area contributed by atoms with Crippen LogP contribution in [0.15, 0.2) is 23.8 Å².